The van der Waals surface area contributed by atoms with Gasteiger partial charge in [0.05, 0.1) is 11.0 Å². The van der Waals surface area contributed by atoms with Crippen molar-refractivity contribution in [3.63, 3.8) is 0 Å². The lowest BCUT2D eigenvalue weighted by Gasteiger charge is -2.12. The topological polar surface area (TPSA) is 86.6 Å². The van der Waals surface area contributed by atoms with Gasteiger partial charge < -0.3 is 15.5 Å². The summed E-state index contributed by atoms with van der Waals surface area (Å²) in [7, 11) is -3.19. The van der Waals surface area contributed by atoms with Crippen molar-refractivity contribution in [3.8, 4) is 0 Å². The lowest BCUT2D eigenvalue weighted by Crippen LogP contribution is -2.23. The zero-order chi connectivity index (χ0) is 13.6. The van der Waals surface area contributed by atoms with Gasteiger partial charge in [-0.2, -0.15) is 0 Å². The van der Waals surface area contributed by atoms with Crippen LogP contribution in [0.15, 0.2) is 29.2 Å². The molecule has 0 amide bonds. The average molecular weight is 273 g/mol. The van der Waals surface area contributed by atoms with E-state index < -0.39 is 15.9 Å². The monoisotopic (exact) mass is 273 g/mol. The summed E-state index contributed by atoms with van der Waals surface area (Å²) in [5, 5.41) is 21.4. The lowest BCUT2D eigenvalue weighted by molar-refractivity contribution is 0.173. The maximum atomic E-state index is 11.3. The first-order chi connectivity index (χ1) is 8.45. The van der Waals surface area contributed by atoms with E-state index >= 15 is 0 Å². The van der Waals surface area contributed by atoms with E-state index in [1.807, 2.05) is 0 Å². The minimum absolute atomic E-state index is 0.117. The number of sulfone groups is 1. The van der Waals surface area contributed by atoms with E-state index in [0.29, 0.717) is 25.1 Å². The molecule has 1 unspecified atom stereocenters. The second-order valence-electron chi connectivity index (χ2n) is 4.14. The Morgan fingerprint density at radius 1 is 1.28 bits per heavy atom. The SMILES string of the molecule is CS(=O)(=O)c1ccc(C(O)CNCCCO)cc1. The predicted molar refractivity (Wildman–Crippen MR) is 69.1 cm³/mol. The number of aliphatic hydroxyl groups is 2. The number of hydrogen-bond donors (Lipinski definition) is 3. The smallest absolute Gasteiger partial charge is 0.175 e. The van der Waals surface area contributed by atoms with Crippen LogP contribution in [0.5, 0.6) is 0 Å². The molecule has 0 aliphatic carbocycles. The molecule has 0 radical (unpaired) electrons. The molecular weight excluding hydrogens is 254 g/mol. The summed E-state index contributed by atoms with van der Waals surface area (Å²) in [4.78, 5) is 0.242. The van der Waals surface area contributed by atoms with Gasteiger partial charge in [-0.05, 0) is 30.7 Å². The van der Waals surface area contributed by atoms with Crippen LogP contribution in [0.1, 0.15) is 18.1 Å². The molecular formula is C12H19NO4S. The van der Waals surface area contributed by atoms with Crippen molar-refractivity contribution in [3.05, 3.63) is 29.8 Å². The molecule has 6 heteroatoms. The molecule has 0 saturated carbocycles. The highest BCUT2D eigenvalue weighted by Gasteiger charge is 2.10. The van der Waals surface area contributed by atoms with Crippen molar-refractivity contribution in [2.75, 3.05) is 26.0 Å². The summed E-state index contributed by atoms with van der Waals surface area (Å²) in [6.45, 7) is 1.12. The van der Waals surface area contributed by atoms with Gasteiger partial charge in [0.2, 0.25) is 0 Å². The average Bonchev–Trinajstić information content (AvgIpc) is 2.33. The van der Waals surface area contributed by atoms with Gasteiger partial charge >= 0.3 is 0 Å². The molecule has 0 aliphatic rings. The fourth-order valence-corrected chi connectivity index (χ4v) is 2.13. The Labute approximate surface area is 107 Å². The molecule has 1 aromatic carbocycles. The van der Waals surface area contributed by atoms with E-state index in [9.17, 15) is 13.5 Å². The second-order valence-corrected chi connectivity index (χ2v) is 6.15. The number of benzene rings is 1. The zero-order valence-corrected chi connectivity index (χ0v) is 11.2. The molecule has 1 aromatic rings. The number of hydrogen-bond acceptors (Lipinski definition) is 5. The molecule has 18 heavy (non-hydrogen) atoms. The largest absolute Gasteiger partial charge is 0.396 e. The van der Waals surface area contributed by atoms with E-state index in [-0.39, 0.29) is 11.5 Å². The van der Waals surface area contributed by atoms with Crippen LogP contribution in [0.25, 0.3) is 0 Å². The van der Waals surface area contributed by atoms with Crippen LogP contribution >= 0.6 is 0 Å². The summed E-state index contributed by atoms with van der Waals surface area (Å²) in [5.41, 5.74) is 0.666. The van der Waals surface area contributed by atoms with E-state index in [1.54, 1.807) is 12.1 Å². The Bertz CT molecular complexity index is 455. The van der Waals surface area contributed by atoms with E-state index in [0.717, 1.165) is 6.26 Å². The summed E-state index contributed by atoms with van der Waals surface area (Å²) in [6, 6.07) is 6.19. The Hall–Kier alpha value is -0.950. The molecule has 0 saturated heterocycles. The summed E-state index contributed by atoms with van der Waals surface area (Å²) in [5.74, 6) is 0. The molecule has 0 heterocycles. The second kappa shape index (κ2) is 6.84. The predicted octanol–water partition coefficient (Wildman–Crippen LogP) is 0.0955. The Morgan fingerprint density at radius 3 is 2.39 bits per heavy atom. The van der Waals surface area contributed by atoms with Gasteiger partial charge in [0.1, 0.15) is 0 Å². The first-order valence-corrected chi connectivity index (χ1v) is 7.64. The van der Waals surface area contributed by atoms with E-state index in [2.05, 4.69) is 5.32 Å². The van der Waals surface area contributed by atoms with Crippen LogP contribution < -0.4 is 5.32 Å². The molecule has 0 aromatic heterocycles. The van der Waals surface area contributed by atoms with Gasteiger partial charge in [0, 0.05) is 19.4 Å². The highest BCUT2D eigenvalue weighted by atomic mass is 32.2. The van der Waals surface area contributed by atoms with Gasteiger partial charge in [0.25, 0.3) is 0 Å². The van der Waals surface area contributed by atoms with Crippen molar-refractivity contribution in [2.45, 2.75) is 17.4 Å². The van der Waals surface area contributed by atoms with Crippen molar-refractivity contribution < 1.29 is 18.6 Å². The van der Waals surface area contributed by atoms with Crippen molar-refractivity contribution in [1.29, 1.82) is 0 Å². The van der Waals surface area contributed by atoms with Gasteiger partial charge in [-0.15, -0.1) is 0 Å². The van der Waals surface area contributed by atoms with Crippen LogP contribution in [0, 0.1) is 0 Å². The van der Waals surface area contributed by atoms with E-state index in [1.165, 1.54) is 12.1 Å². The molecule has 0 spiro atoms. The van der Waals surface area contributed by atoms with Crippen molar-refractivity contribution in [2.24, 2.45) is 0 Å². The Balaban J connectivity index is 2.57. The molecule has 1 atom stereocenters. The minimum Gasteiger partial charge on any atom is -0.396 e. The van der Waals surface area contributed by atoms with Crippen LogP contribution in [0.3, 0.4) is 0 Å². The molecule has 3 N–H and O–H groups in total. The van der Waals surface area contributed by atoms with Crippen LogP contribution in [-0.2, 0) is 9.84 Å². The fourth-order valence-electron chi connectivity index (χ4n) is 1.50. The number of nitrogens with one attached hydrogen (secondary N) is 1. The first kappa shape index (κ1) is 15.1. The molecule has 0 bridgehead atoms. The highest BCUT2D eigenvalue weighted by molar-refractivity contribution is 7.90. The number of rotatable bonds is 7. The zero-order valence-electron chi connectivity index (χ0n) is 10.3. The quantitative estimate of drug-likeness (QED) is 0.613. The van der Waals surface area contributed by atoms with Gasteiger partial charge in [0.15, 0.2) is 9.84 Å². The van der Waals surface area contributed by atoms with Gasteiger partial charge in [-0.1, -0.05) is 12.1 Å². The third-order valence-electron chi connectivity index (χ3n) is 2.54. The highest BCUT2D eigenvalue weighted by Crippen LogP contribution is 2.15. The molecule has 0 fully saturated rings. The molecule has 0 aliphatic heterocycles. The third-order valence-corrected chi connectivity index (χ3v) is 3.67. The van der Waals surface area contributed by atoms with Crippen LogP contribution in [0.4, 0.5) is 0 Å². The maximum Gasteiger partial charge on any atom is 0.175 e. The Kier molecular flexibility index (Phi) is 5.74. The fraction of sp³-hybridized carbons (Fsp3) is 0.500. The van der Waals surface area contributed by atoms with Crippen molar-refractivity contribution >= 4 is 9.84 Å². The molecule has 1 rings (SSSR count). The van der Waals surface area contributed by atoms with Gasteiger partial charge in [-0.3, -0.25) is 0 Å². The van der Waals surface area contributed by atoms with E-state index in [4.69, 9.17) is 5.11 Å². The normalized spacial score (nSPS) is 13.5. The molecule has 102 valence electrons. The minimum atomic E-state index is -3.19. The van der Waals surface area contributed by atoms with Crippen molar-refractivity contribution in [1.82, 2.24) is 5.32 Å². The summed E-state index contributed by atoms with van der Waals surface area (Å²) in [6.07, 6.45) is 1.10. The lowest BCUT2D eigenvalue weighted by atomic mass is 10.1. The summed E-state index contributed by atoms with van der Waals surface area (Å²) >= 11 is 0. The third kappa shape index (κ3) is 4.73. The Morgan fingerprint density at radius 2 is 1.89 bits per heavy atom. The standard InChI is InChI=1S/C12H19NO4S/c1-18(16,17)11-5-3-10(4-6-11)12(15)9-13-7-2-8-14/h3-6,12-15H,2,7-9H2,1H3. The summed E-state index contributed by atoms with van der Waals surface area (Å²) < 4.78 is 22.5. The molecule has 5 nitrogen and oxygen atoms in total. The first-order valence-electron chi connectivity index (χ1n) is 5.75. The van der Waals surface area contributed by atoms with Gasteiger partial charge in [-0.25, -0.2) is 8.42 Å². The maximum absolute atomic E-state index is 11.3. The van der Waals surface area contributed by atoms with Crippen LogP contribution in [0.2, 0.25) is 0 Å². The number of aliphatic hydroxyl groups excluding tert-OH is 2. The van der Waals surface area contributed by atoms with Crippen LogP contribution in [-0.4, -0.2) is 44.6 Å².